The summed E-state index contributed by atoms with van der Waals surface area (Å²) in [5.74, 6) is -0.495. The first-order valence-electron chi connectivity index (χ1n) is 8.24. The number of alkyl halides is 1. The van der Waals surface area contributed by atoms with E-state index in [2.05, 4.69) is 52.0 Å². The second-order valence-corrected chi connectivity index (χ2v) is 7.91. The van der Waals surface area contributed by atoms with E-state index in [9.17, 15) is 0 Å². The Bertz CT molecular complexity index is 423. The molecule has 1 saturated heterocycles. The molecule has 0 N–H and O–H groups in total. The fourth-order valence-electron chi connectivity index (χ4n) is 2.46. The number of rotatable bonds is 3. The van der Waals surface area contributed by atoms with E-state index in [1.165, 1.54) is 5.56 Å². The molecule has 2 nitrogen and oxygen atoms in total. The molecule has 0 atom stereocenters. The molecular weight excluding hydrogens is 296 g/mol. The van der Waals surface area contributed by atoms with E-state index in [-0.39, 0.29) is 5.41 Å². The Kier molecular flexibility index (Phi) is 7.37. The van der Waals surface area contributed by atoms with Crippen molar-refractivity contribution in [2.75, 3.05) is 13.2 Å². The first-order valence-corrected chi connectivity index (χ1v) is 8.68. The maximum absolute atomic E-state index is 5.87. The van der Waals surface area contributed by atoms with E-state index < -0.39 is 5.79 Å². The van der Waals surface area contributed by atoms with Gasteiger partial charge in [0, 0.05) is 17.4 Å². The lowest BCUT2D eigenvalue weighted by Gasteiger charge is -2.28. The van der Waals surface area contributed by atoms with Crippen molar-refractivity contribution < 1.29 is 9.47 Å². The molecule has 1 fully saturated rings. The largest absolute Gasteiger partial charge is 0.343 e. The van der Waals surface area contributed by atoms with E-state index in [4.69, 9.17) is 21.1 Å². The summed E-state index contributed by atoms with van der Waals surface area (Å²) in [7, 11) is 0. The molecular formula is C19H31ClO2. The fraction of sp³-hybridized carbons (Fsp3) is 0.684. The SMILES string of the molecule is CC(C)Cl.CCCC1(c2ccc(C(C)(C)C)cc2)OCCO1. The summed E-state index contributed by atoms with van der Waals surface area (Å²) in [6.45, 7) is 14.1. The molecule has 2 rings (SSSR count). The van der Waals surface area contributed by atoms with E-state index in [0.29, 0.717) is 18.6 Å². The molecule has 1 aliphatic rings. The van der Waals surface area contributed by atoms with Crippen molar-refractivity contribution in [3.8, 4) is 0 Å². The zero-order chi connectivity index (χ0) is 16.8. The summed E-state index contributed by atoms with van der Waals surface area (Å²) in [6, 6.07) is 8.69. The second kappa shape index (κ2) is 8.33. The highest BCUT2D eigenvalue weighted by molar-refractivity contribution is 6.20. The van der Waals surface area contributed by atoms with Gasteiger partial charge >= 0.3 is 0 Å². The molecule has 1 aromatic rings. The van der Waals surface area contributed by atoms with Crippen LogP contribution in [0.25, 0.3) is 0 Å². The van der Waals surface area contributed by atoms with Crippen LogP contribution in [-0.2, 0) is 20.7 Å². The quantitative estimate of drug-likeness (QED) is 0.671. The minimum absolute atomic E-state index is 0.188. The summed E-state index contributed by atoms with van der Waals surface area (Å²) in [4.78, 5) is 0. The highest BCUT2D eigenvalue weighted by atomic mass is 35.5. The number of hydrogen-bond acceptors (Lipinski definition) is 2. The van der Waals surface area contributed by atoms with Crippen molar-refractivity contribution in [3.05, 3.63) is 35.4 Å². The Morgan fingerprint density at radius 3 is 1.91 bits per heavy atom. The highest BCUT2D eigenvalue weighted by Crippen LogP contribution is 2.36. The first-order chi connectivity index (χ1) is 10.2. The van der Waals surface area contributed by atoms with Gasteiger partial charge in [-0.1, -0.05) is 58.4 Å². The van der Waals surface area contributed by atoms with Crippen LogP contribution in [0.2, 0.25) is 0 Å². The molecule has 0 radical (unpaired) electrons. The summed E-state index contributed by atoms with van der Waals surface area (Å²) >= 11 is 5.27. The van der Waals surface area contributed by atoms with Crippen molar-refractivity contribution in [2.24, 2.45) is 0 Å². The molecule has 0 amide bonds. The lowest BCUT2D eigenvalue weighted by molar-refractivity contribution is -0.171. The highest BCUT2D eigenvalue weighted by Gasteiger charge is 2.37. The van der Waals surface area contributed by atoms with Gasteiger partial charge in [0.2, 0.25) is 0 Å². The number of halogens is 1. The van der Waals surface area contributed by atoms with Crippen LogP contribution in [0.1, 0.15) is 65.5 Å². The van der Waals surface area contributed by atoms with Crippen LogP contribution < -0.4 is 0 Å². The van der Waals surface area contributed by atoms with Gasteiger partial charge in [-0.25, -0.2) is 0 Å². The molecule has 126 valence electrons. The Balaban J connectivity index is 0.000000541. The molecule has 0 aromatic heterocycles. The zero-order valence-electron chi connectivity index (χ0n) is 14.9. The van der Waals surface area contributed by atoms with Crippen LogP contribution in [0.4, 0.5) is 0 Å². The predicted octanol–water partition coefficient (Wildman–Crippen LogP) is 5.62. The normalized spacial score (nSPS) is 17.3. The lowest BCUT2D eigenvalue weighted by atomic mass is 9.86. The van der Waals surface area contributed by atoms with E-state index in [1.54, 1.807) is 0 Å². The molecule has 1 heterocycles. The molecule has 22 heavy (non-hydrogen) atoms. The maximum atomic E-state index is 5.87. The zero-order valence-corrected chi connectivity index (χ0v) is 15.7. The van der Waals surface area contributed by atoms with Crippen LogP contribution in [0.5, 0.6) is 0 Å². The first kappa shape index (κ1) is 19.5. The van der Waals surface area contributed by atoms with E-state index in [0.717, 1.165) is 18.4 Å². The topological polar surface area (TPSA) is 18.5 Å². The molecule has 0 spiro atoms. The summed E-state index contributed by atoms with van der Waals surface area (Å²) in [6.07, 6.45) is 1.98. The number of hydrogen-bond donors (Lipinski definition) is 0. The van der Waals surface area contributed by atoms with Crippen molar-refractivity contribution in [3.63, 3.8) is 0 Å². The molecule has 0 saturated carbocycles. The third-order valence-electron chi connectivity index (χ3n) is 3.52. The van der Waals surface area contributed by atoms with Crippen molar-refractivity contribution >= 4 is 11.6 Å². The molecule has 1 aliphatic heterocycles. The van der Waals surface area contributed by atoms with Crippen molar-refractivity contribution in [1.82, 2.24) is 0 Å². The third-order valence-corrected chi connectivity index (χ3v) is 3.52. The van der Waals surface area contributed by atoms with Gasteiger partial charge in [-0.2, -0.15) is 0 Å². The number of benzene rings is 1. The average molecular weight is 327 g/mol. The van der Waals surface area contributed by atoms with Gasteiger partial charge in [0.25, 0.3) is 0 Å². The average Bonchev–Trinajstić information content (AvgIpc) is 2.87. The summed E-state index contributed by atoms with van der Waals surface area (Å²) in [5.41, 5.74) is 2.68. The molecule has 0 unspecified atom stereocenters. The van der Waals surface area contributed by atoms with Gasteiger partial charge in [0.05, 0.1) is 13.2 Å². The molecule has 0 aliphatic carbocycles. The predicted molar refractivity (Wildman–Crippen MR) is 94.6 cm³/mol. The Morgan fingerprint density at radius 2 is 1.55 bits per heavy atom. The summed E-state index contributed by atoms with van der Waals surface area (Å²) in [5, 5.41) is 0.306. The fourth-order valence-corrected chi connectivity index (χ4v) is 2.46. The maximum Gasteiger partial charge on any atom is 0.194 e. The Labute approximate surface area is 141 Å². The van der Waals surface area contributed by atoms with Crippen LogP contribution >= 0.6 is 11.6 Å². The van der Waals surface area contributed by atoms with E-state index >= 15 is 0 Å². The van der Waals surface area contributed by atoms with Gasteiger partial charge in [0.1, 0.15) is 0 Å². The van der Waals surface area contributed by atoms with Gasteiger partial charge in [-0.05, 0) is 24.8 Å². The van der Waals surface area contributed by atoms with Crippen LogP contribution in [0.15, 0.2) is 24.3 Å². The third kappa shape index (κ3) is 5.57. The molecule has 3 heteroatoms. The van der Waals surface area contributed by atoms with Gasteiger partial charge in [-0.3, -0.25) is 0 Å². The van der Waals surface area contributed by atoms with Gasteiger partial charge < -0.3 is 9.47 Å². The smallest absolute Gasteiger partial charge is 0.194 e. The van der Waals surface area contributed by atoms with E-state index in [1.807, 2.05) is 13.8 Å². The van der Waals surface area contributed by atoms with Crippen LogP contribution in [0, 0.1) is 0 Å². The molecule has 1 aromatic carbocycles. The summed E-state index contributed by atoms with van der Waals surface area (Å²) < 4.78 is 11.7. The van der Waals surface area contributed by atoms with Crippen molar-refractivity contribution in [2.45, 2.75) is 71.0 Å². The second-order valence-electron chi connectivity index (χ2n) is 7.04. The van der Waals surface area contributed by atoms with Crippen LogP contribution in [-0.4, -0.2) is 18.6 Å². The lowest BCUT2D eigenvalue weighted by Crippen LogP contribution is -2.27. The minimum atomic E-state index is -0.495. The van der Waals surface area contributed by atoms with Crippen LogP contribution in [0.3, 0.4) is 0 Å². The van der Waals surface area contributed by atoms with Gasteiger partial charge in [-0.15, -0.1) is 11.6 Å². The number of ether oxygens (including phenoxy) is 2. The monoisotopic (exact) mass is 326 g/mol. The minimum Gasteiger partial charge on any atom is -0.343 e. The van der Waals surface area contributed by atoms with Gasteiger partial charge in [0.15, 0.2) is 5.79 Å². The molecule has 0 bridgehead atoms. The Morgan fingerprint density at radius 1 is 1.09 bits per heavy atom. The van der Waals surface area contributed by atoms with Crippen molar-refractivity contribution in [1.29, 1.82) is 0 Å². The standard InChI is InChI=1S/C16H24O2.C3H7Cl/c1-5-10-16(17-11-12-18-16)14-8-6-13(7-9-14)15(2,3)4;1-3(2)4/h6-9H,5,10-12H2,1-4H3;3H,1-2H3. The Hall–Kier alpha value is -0.570.